The van der Waals surface area contributed by atoms with Gasteiger partial charge in [0, 0.05) is 50.5 Å². The molecule has 1 aliphatic heterocycles. The summed E-state index contributed by atoms with van der Waals surface area (Å²) in [4.78, 5) is 288. The fourth-order valence-corrected chi connectivity index (χ4v) is 11.6. The number of carbonyl (C=O) groups excluding carboxylic acids is 17. The highest BCUT2D eigenvalue weighted by atomic mass is 16.5. The number of benzene rings is 1. The van der Waals surface area contributed by atoms with Crippen LogP contribution < -0.4 is 81.0 Å². The number of hydrogen-bond donors (Lipinski definition) is 21. The van der Waals surface area contributed by atoms with E-state index in [1.165, 1.54) is 13.8 Å². The van der Waals surface area contributed by atoms with Crippen molar-refractivity contribution in [2.24, 2.45) is 35.0 Å². The summed E-state index contributed by atoms with van der Waals surface area (Å²) in [6.45, 7) is 7.23. The molecule has 15 atom stereocenters. The molecule has 0 radical (unpaired) electrons. The monoisotopic (exact) mass is 1630 g/mol. The third-order valence-corrected chi connectivity index (χ3v) is 17.8. The lowest BCUT2D eigenvalue weighted by atomic mass is 9.95. The maximum Gasteiger partial charge on any atom is 0.335 e. The fourth-order valence-electron chi connectivity index (χ4n) is 11.6. The van der Waals surface area contributed by atoms with Crippen LogP contribution >= 0.6 is 0 Å². The first-order valence-corrected chi connectivity index (χ1v) is 36.3. The molecule has 0 saturated carbocycles. The van der Waals surface area contributed by atoms with Crippen molar-refractivity contribution in [2.75, 3.05) is 27.2 Å². The zero-order valence-corrected chi connectivity index (χ0v) is 64.6. The SMILES string of the molecule is COC(C(=O)O)C1NC(=O)C(CC(N)=O)NC(=O)C(CC(=O)O)NC(=O)C(C)NC(=O)CN(C)C(=O)C(NC(=O)C(NC(=O)C(CCC(=O)O)NC(=O)C(Cc2c[nH]c3ccccc23)NC(=O)CCCCCCC(C)C)C(O)C(N)=O)C(C)OC(=O)C(C(C)C)NC(=O)C(C(C)CC(=O)O)NC(=O)C(CC(N)=O)NC(=O)CNC1=O. The molecule has 1 aromatic carbocycles. The van der Waals surface area contributed by atoms with Gasteiger partial charge in [0.15, 0.2) is 12.2 Å². The summed E-state index contributed by atoms with van der Waals surface area (Å²) in [5.41, 5.74) is 17.4. The average molecular weight is 1630 g/mol. The van der Waals surface area contributed by atoms with E-state index in [4.69, 9.17) is 26.7 Å². The van der Waals surface area contributed by atoms with Crippen molar-refractivity contribution >= 4 is 135 Å². The molecule has 115 heavy (non-hydrogen) atoms. The van der Waals surface area contributed by atoms with Gasteiger partial charge in [0.05, 0.1) is 38.8 Å². The number of esters is 1. The first-order chi connectivity index (χ1) is 53.8. The normalized spacial score (nSPS) is 21.9. The summed E-state index contributed by atoms with van der Waals surface area (Å²) < 4.78 is 10.6. The molecule has 1 aromatic heterocycles. The van der Waals surface area contributed by atoms with E-state index < -0.39 is 273 Å². The Labute approximate surface area is 657 Å². The number of hydrogen-bond acceptors (Lipinski definition) is 24. The quantitative estimate of drug-likeness (QED) is 0.0229. The number of aromatic amines is 1. The number of carboxylic acids is 4. The van der Waals surface area contributed by atoms with Crippen molar-refractivity contribution < 1.29 is 136 Å². The Balaban J connectivity index is 2.28. The van der Waals surface area contributed by atoms with E-state index in [1.807, 2.05) is 31.9 Å². The molecule has 1 saturated heterocycles. The molecule has 0 spiro atoms. The van der Waals surface area contributed by atoms with E-state index in [2.05, 4.69) is 50.7 Å². The van der Waals surface area contributed by atoms with Crippen molar-refractivity contribution in [1.82, 2.24) is 73.7 Å². The fraction of sp³-hybridized carbons (Fsp3) is 0.586. The van der Waals surface area contributed by atoms with Gasteiger partial charge in [0.25, 0.3) is 0 Å². The number of likely N-dealkylation sites (N-methyl/N-ethyl adjacent to an activating group) is 1. The summed E-state index contributed by atoms with van der Waals surface area (Å²) in [5.74, 6) is -33.3. The lowest BCUT2D eigenvalue weighted by Crippen LogP contribution is -2.64. The minimum absolute atomic E-state index is 0.0363. The van der Waals surface area contributed by atoms with Gasteiger partial charge in [-0.15, -0.1) is 0 Å². The second kappa shape index (κ2) is 46.5. The van der Waals surface area contributed by atoms with Gasteiger partial charge in [-0.2, -0.15) is 0 Å². The Bertz CT molecular complexity index is 3920. The molecule has 2 heterocycles. The number of carbonyl (C=O) groups is 21. The van der Waals surface area contributed by atoms with Crippen LogP contribution in [0.25, 0.3) is 10.9 Å². The van der Waals surface area contributed by atoms with Crippen molar-refractivity contribution in [1.29, 1.82) is 0 Å². The summed E-state index contributed by atoms with van der Waals surface area (Å²) >= 11 is 0. The van der Waals surface area contributed by atoms with E-state index in [-0.39, 0.29) is 12.8 Å². The Morgan fingerprint density at radius 2 is 1.17 bits per heavy atom. The lowest BCUT2D eigenvalue weighted by molar-refractivity contribution is -0.159. The van der Waals surface area contributed by atoms with Crippen LogP contribution in [-0.4, -0.2) is 272 Å². The lowest BCUT2D eigenvalue weighted by Gasteiger charge is -2.32. The topological polar surface area (TPSA) is 720 Å². The van der Waals surface area contributed by atoms with Crippen molar-refractivity contribution in [3.05, 3.63) is 36.0 Å². The number of primary amides is 3. The van der Waals surface area contributed by atoms with Gasteiger partial charge in [-0.05, 0) is 56.1 Å². The first-order valence-electron chi connectivity index (χ1n) is 36.3. The van der Waals surface area contributed by atoms with Gasteiger partial charge in [-0.3, -0.25) is 91.1 Å². The van der Waals surface area contributed by atoms with Crippen LogP contribution in [0.15, 0.2) is 30.5 Å². The summed E-state index contributed by atoms with van der Waals surface area (Å²) in [5, 5.41) is 77.0. The number of carboxylic acid groups (broad SMARTS) is 4. The second-order valence-corrected chi connectivity index (χ2v) is 28.1. The second-order valence-electron chi connectivity index (χ2n) is 28.1. The summed E-state index contributed by atoms with van der Waals surface area (Å²) in [6.07, 6.45) is -8.53. The minimum atomic E-state index is -2.82. The number of aliphatic carboxylic acids is 4. The number of aliphatic hydroxyl groups excluding tert-OH is 1. The average Bonchev–Trinajstić information content (AvgIpc) is 1.79. The van der Waals surface area contributed by atoms with Crippen LogP contribution in [0.3, 0.4) is 0 Å². The van der Waals surface area contributed by atoms with Gasteiger partial charge < -0.3 is 126 Å². The number of nitrogens with one attached hydrogen (secondary N) is 13. The van der Waals surface area contributed by atoms with Crippen LogP contribution in [0, 0.1) is 17.8 Å². The molecule has 1 aliphatic rings. The maximum atomic E-state index is 14.9. The zero-order chi connectivity index (χ0) is 87.0. The Kier molecular flexibility index (Phi) is 39.1. The number of nitrogens with zero attached hydrogens (tertiary/aromatic N) is 1. The van der Waals surface area contributed by atoms with E-state index in [9.17, 15) is 126 Å². The van der Waals surface area contributed by atoms with Gasteiger partial charge in [0.2, 0.25) is 94.5 Å². The number of nitrogens with two attached hydrogens (primary N) is 3. The van der Waals surface area contributed by atoms with E-state index in [1.54, 1.807) is 30.5 Å². The number of methoxy groups -OCH3 is 1. The molecular weight excluding hydrogens is 1530 g/mol. The van der Waals surface area contributed by atoms with Crippen LogP contribution in [0.5, 0.6) is 0 Å². The van der Waals surface area contributed by atoms with Crippen molar-refractivity contribution in [3.63, 3.8) is 0 Å². The predicted octanol–water partition coefficient (Wildman–Crippen LogP) is -7.62. The molecule has 16 amide bonds. The van der Waals surface area contributed by atoms with Gasteiger partial charge in [-0.25, -0.2) is 9.59 Å². The number of aliphatic hydroxyl groups is 1. The van der Waals surface area contributed by atoms with Gasteiger partial charge >= 0.3 is 29.8 Å². The number of amides is 16. The molecule has 0 aliphatic carbocycles. The molecule has 15 unspecified atom stereocenters. The number of rotatable bonds is 34. The number of fused-ring (bicyclic) bond motifs is 1. The molecule has 45 nitrogen and oxygen atoms in total. The summed E-state index contributed by atoms with van der Waals surface area (Å²) in [6, 6.07) is -16.7. The number of unbranched alkanes of at least 4 members (excludes halogenated alkanes) is 3. The Hall–Kier alpha value is -12.4. The molecule has 636 valence electrons. The van der Waals surface area contributed by atoms with E-state index in [0.29, 0.717) is 40.1 Å². The number of aromatic nitrogens is 1. The Morgan fingerprint density at radius 1 is 0.600 bits per heavy atom. The number of para-hydroxylation sites is 1. The predicted molar refractivity (Wildman–Crippen MR) is 394 cm³/mol. The highest BCUT2D eigenvalue weighted by Crippen LogP contribution is 2.21. The molecule has 1 fully saturated rings. The third kappa shape index (κ3) is 32.3. The van der Waals surface area contributed by atoms with Crippen LogP contribution in [0.1, 0.15) is 131 Å². The highest BCUT2D eigenvalue weighted by Gasteiger charge is 2.44. The number of cyclic esters (lactones) is 1. The van der Waals surface area contributed by atoms with Gasteiger partial charge in [0.1, 0.15) is 72.6 Å². The molecular formula is C70H103N17O28. The van der Waals surface area contributed by atoms with Crippen LogP contribution in [0.4, 0.5) is 0 Å². The molecule has 24 N–H and O–H groups in total. The molecule has 3 rings (SSSR count). The number of ether oxygens (including phenoxy) is 2. The van der Waals surface area contributed by atoms with Crippen molar-refractivity contribution in [3.8, 4) is 0 Å². The first kappa shape index (κ1) is 96.7. The maximum absolute atomic E-state index is 14.9. The summed E-state index contributed by atoms with van der Waals surface area (Å²) in [7, 11) is 1.60. The minimum Gasteiger partial charge on any atom is -0.481 e. The molecule has 2 aromatic rings. The largest absolute Gasteiger partial charge is 0.481 e. The molecule has 0 bridgehead atoms. The number of H-pyrrole nitrogens is 1. The van der Waals surface area contributed by atoms with E-state index >= 15 is 0 Å². The smallest absolute Gasteiger partial charge is 0.335 e. The Morgan fingerprint density at radius 3 is 1.73 bits per heavy atom. The third-order valence-electron chi connectivity index (χ3n) is 17.8. The zero-order valence-electron chi connectivity index (χ0n) is 64.6. The highest BCUT2D eigenvalue weighted by molar-refractivity contribution is 6.03. The van der Waals surface area contributed by atoms with E-state index in [0.717, 1.165) is 54.2 Å². The van der Waals surface area contributed by atoms with Crippen LogP contribution in [-0.2, 0) is 117 Å². The standard InChI is InChI=1S/C70H103N17O28/c1-30(2)16-12-10-11-13-19-45(90)77-39(23-35-27-74-37-18-15-14-17-36(35)37)61(103)79-38(20-21-48(93)94)60(102)85-54(56(99)58(73)100)67(109)84-53-34(7)115-70(113)51(31(3)4)82-66(108)52(32(5)22-49(95)96)83-63(105)40(24-43(71)88)78-46(91)28-75-65(107)55(57(114-9)69(111)112)86-64(106)41(25-44(72)89)81-62(104)42(26-50(97)98)80-59(101)33(6)76-47(92)29-87(8)68(53)110/h14-15,17-18,27,30-34,38-42,51-57,74,99H,10-13,16,19-26,28-29H2,1-9H3,(H2,71,88)(H2,72,89)(H2,73,100)(H,75,107)(H,76,92)(H,77,90)(H,78,91)(H,79,103)(H,80,101)(H,81,104)(H,82,108)(H,83,105)(H,84,109)(H,85,102)(H,86,106)(H,93,94)(H,95,96)(H,97,98)(H,111,112). The van der Waals surface area contributed by atoms with Gasteiger partial charge in [-0.1, -0.05) is 78.5 Å². The van der Waals surface area contributed by atoms with Crippen molar-refractivity contribution in [2.45, 2.75) is 217 Å². The molecule has 45 heteroatoms. The van der Waals surface area contributed by atoms with Crippen LogP contribution in [0.2, 0.25) is 0 Å².